The number of rotatable bonds is 2. The number of nitrogens with zero attached hydrogens (tertiary/aromatic N) is 1. The highest BCUT2D eigenvalue weighted by Gasteiger charge is 2.16. The van der Waals surface area contributed by atoms with Gasteiger partial charge in [0.2, 0.25) is 0 Å². The Labute approximate surface area is 61.4 Å². The first-order chi connectivity index (χ1) is 4.83. The molecule has 1 heterocycles. The molecule has 2 nitrogen and oxygen atoms in total. The minimum atomic E-state index is -0.560. The molecule has 0 amide bonds. The lowest BCUT2D eigenvalue weighted by Crippen LogP contribution is -2.43. The third-order valence-corrected chi connectivity index (χ3v) is 1.81. The van der Waals surface area contributed by atoms with Crippen LogP contribution in [0, 0.1) is 0 Å². The fourth-order valence-corrected chi connectivity index (χ4v) is 1.23. The highest BCUT2D eigenvalue weighted by atomic mass is 19.1. The monoisotopic (exact) mass is 146 g/mol. The smallest absolute Gasteiger partial charge is 0.103 e. The van der Waals surface area contributed by atoms with Gasteiger partial charge in [0.1, 0.15) is 6.17 Å². The van der Waals surface area contributed by atoms with Gasteiger partial charge in [-0.1, -0.05) is 6.92 Å². The summed E-state index contributed by atoms with van der Waals surface area (Å²) in [7, 11) is 0. The lowest BCUT2D eigenvalue weighted by molar-refractivity contribution is 0.107. The largest absolute Gasteiger partial charge is 0.255 e. The minimum Gasteiger partial charge on any atom is -0.255 e. The molecule has 1 saturated heterocycles. The van der Waals surface area contributed by atoms with Crippen molar-refractivity contribution in [3.8, 4) is 0 Å². The van der Waals surface area contributed by atoms with E-state index in [1.165, 1.54) is 0 Å². The molecule has 0 saturated carbocycles. The zero-order valence-electron chi connectivity index (χ0n) is 6.44. The predicted octanol–water partition coefficient (Wildman–Crippen LogP) is 0.945. The fraction of sp³-hybridized carbons (Fsp3) is 1.00. The number of halogens is 1. The number of hydrazine groups is 1. The van der Waals surface area contributed by atoms with Crippen molar-refractivity contribution < 1.29 is 4.39 Å². The van der Waals surface area contributed by atoms with Gasteiger partial charge in [-0.25, -0.2) is 9.40 Å². The van der Waals surface area contributed by atoms with Crippen molar-refractivity contribution in [3.05, 3.63) is 0 Å². The zero-order valence-corrected chi connectivity index (χ0v) is 6.44. The number of nitrogens with one attached hydrogen (secondary N) is 1. The average Bonchev–Trinajstić information content (AvgIpc) is 1.95. The van der Waals surface area contributed by atoms with E-state index in [9.17, 15) is 4.39 Å². The second kappa shape index (κ2) is 3.88. The Morgan fingerprint density at radius 1 is 1.50 bits per heavy atom. The van der Waals surface area contributed by atoms with Gasteiger partial charge in [0.15, 0.2) is 0 Å². The predicted molar refractivity (Wildman–Crippen MR) is 39.4 cm³/mol. The van der Waals surface area contributed by atoms with E-state index in [4.69, 9.17) is 0 Å². The van der Waals surface area contributed by atoms with Gasteiger partial charge >= 0.3 is 0 Å². The van der Waals surface area contributed by atoms with Crippen molar-refractivity contribution in [2.24, 2.45) is 0 Å². The molecule has 10 heavy (non-hydrogen) atoms. The van der Waals surface area contributed by atoms with Gasteiger partial charge in [-0.05, 0) is 12.8 Å². The number of alkyl halides is 1. The normalized spacial score (nSPS) is 23.4. The first kappa shape index (κ1) is 7.95. The second-order valence-electron chi connectivity index (χ2n) is 2.67. The van der Waals surface area contributed by atoms with Crippen LogP contribution in [0.5, 0.6) is 0 Å². The maximum atomic E-state index is 12.5. The van der Waals surface area contributed by atoms with Crippen molar-refractivity contribution in [1.82, 2.24) is 10.4 Å². The van der Waals surface area contributed by atoms with Crippen LogP contribution in [0.2, 0.25) is 0 Å². The lowest BCUT2D eigenvalue weighted by Gasteiger charge is -2.28. The summed E-state index contributed by atoms with van der Waals surface area (Å²) < 4.78 is 12.5. The molecule has 1 fully saturated rings. The molecule has 1 aliphatic rings. The quantitative estimate of drug-likeness (QED) is 0.624. The lowest BCUT2D eigenvalue weighted by atomic mass is 10.1. The van der Waals surface area contributed by atoms with E-state index in [-0.39, 0.29) is 0 Å². The van der Waals surface area contributed by atoms with Gasteiger partial charge in [-0.2, -0.15) is 0 Å². The van der Waals surface area contributed by atoms with E-state index >= 15 is 0 Å². The van der Waals surface area contributed by atoms with E-state index < -0.39 is 6.17 Å². The summed E-state index contributed by atoms with van der Waals surface area (Å²) >= 11 is 0. The van der Waals surface area contributed by atoms with E-state index in [0.717, 1.165) is 19.6 Å². The van der Waals surface area contributed by atoms with Crippen LogP contribution in [-0.2, 0) is 0 Å². The molecule has 3 heteroatoms. The van der Waals surface area contributed by atoms with Crippen LogP contribution in [-0.4, -0.2) is 30.8 Å². The Morgan fingerprint density at radius 2 is 2.10 bits per heavy atom. The molecule has 0 bridgehead atoms. The van der Waals surface area contributed by atoms with Crippen LogP contribution < -0.4 is 5.43 Å². The van der Waals surface area contributed by atoms with E-state index in [2.05, 4.69) is 17.4 Å². The van der Waals surface area contributed by atoms with E-state index in [1.807, 2.05) is 0 Å². The van der Waals surface area contributed by atoms with Crippen LogP contribution in [0.4, 0.5) is 4.39 Å². The molecule has 0 radical (unpaired) electrons. The van der Waals surface area contributed by atoms with Gasteiger partial charge in [0, 0.05) is 19.6 Å². The molecule has 0 aromatic heterocycles. The third kappa shape index (κ3) is 2.23. The molecular formula is C7H15FN2. The van der Waals surface area contributed by atoms with Gasteiger partial charge in [-0.3, -0.25) is 5.43 Å². The molecule has 0 spiro atoms. The first-order valence-corrected chi connectivity index (χ1v) is 3.95. The topological polar surface area (TPSA) is 15.3 Å². The van der Waals surface area contributed by atoms with Crippen LogP contribution in [0.1, 0.15) is 19.8 Å². The van der Waals surface area contributed by atoms with E-state index in [1.54, 1.807) is 0 Å². The summed E-state index contributed by atoms with van der Waals surface area (Å²) in [5.74, 6) is 0. The molecule has 60 valence electrons. The molecule has 0 aliphatic carbocycles. The van der Waals surface area contributed by atoms with Gasteiger partial charge in [0.25, 0.3) is 0 Å². The van der Waals surface area contributed by atoms with Crippen molar-refractivity contribution in [1.29, 1.82) is 0 Å². The number of hydrogen-bond acceptors (Lipinski definition) is 2. The van der Waals surface area contributed by atoms with Crippen molar-refractivity contribution >= 4 is 0 Å². The number of hydrogen-bond donors (Lipinski definition) is 1. The minimum absolute atomic E-state index is 0.560. The standard InChI is InChI=1S/C7H15FN2/c1-2-9-10-5-3-7(8)4-6-10/h7,9H,2-6H2,1H3. The van der Waals surface area contributed by atoms with Crippen molar-refractivity contribution in [2.75, 3.05) is 19.6 Å². The Balaban J connectivity index is 2.13. The zero-order chi connectivity index (χ0) is 7.40. The molecule has 0 aromatic rings. The Hall–Kier alpha value is -0.150. The Bertz CT molecular complexity index is 89.6. The van der Waals surface area contributed by atoms with Gasteiger partial charge in [-0.15, -0.1) is 0 Å². The summed E-state index contributed by atoms with van der Waals surface area (Å²) in [5.41, 5.74) is 3.17. The van der Waals surface area contributed by atoms with Crippen molar-refractivity contribution in [2.45, 2.75) is 25.9 Å². The summed E-state index contributed by atoms with van der Waals surface area (Å²) in [6.07, 6.45) is 0.815. The maximum Gasteiger partial charge on any atom is 0.103 e. The SMILES string of the molecule is CCNN1CCC(F)CC1. The van der Waals surface area contributed by atoms with E-state index in [0.29, 0.717) is 12.8 Å². The summed E-state index contributed by atoms with van der Waals surface area (Å²) in [6, 6.07) is 0. The molecule has 1 rings (SSSR count). The molecule has 0 atom stereocenters. The van der Waals surface area contributed by atoms with Gasteiger partial charge < -0.3 is 0 Å². The van der Waals surface area contributed by atoms with Gasteiger partial charge in [0.05, 0.1) is 0 Å². The Morgan fingerprint density at radius 3 is 2.60 bits per heavy atom. The summed E-state index contributed by atoms with van der Waals surface area (Å²) in [5, 5.41) is 2.09. The average molecular weight is 146 g/mol. The van der Waals surface area contributed by atoms with Crippen LogP contribution >= 0.6 is 0 Å². The van der Waals surface area contributed by atoms with Crippen LogP contribution in [0.25, 0.3) is 0 Å². The maximum absolute atomic E-state index is 12.5. The molecule has 0 unspecified atom stereocenters. The first-order valence-electron chi connectivity index (χ1n) is 3.95. The Kier molecular flexibility index (Phi) is 3.09. The second-order valence-corrected chi connectivity index (χ2v) is 2.67. The van der Waals surface area contributed by atoms with Crippen molar-refractivity contribution in [3.63, 3.8) is 0 Å². The highest BCUT2D eigenvalue weighted by molar-refractivity contribution is 4.68. The highest BCUT2D eigenvalue weighted by Crippen LogP contribution is 2.10. The van der Waals surface area contributed by atoms with Crippen LogP contribution in [0.3, 0.4) is 0 Å². The molecule has 0 aromatic carbocycles. The number of piperidine rings is 1. The summed E-state index contributed by atoms with van der Waals surface area (Å²) in [6.45, 7) is 4.71. The third-order valence-electron chi connectivity index (χ3n) is 1.81. The molecule has 1 N–H and O–H groups in total. The molecular weight excluding hydrogens is 131 g/mol. The fourth-order valence-electron chi connectivity index (χ4n) is 1.23. The summed E-state index contributed by atoms with van der Waals surface area (Å²) in [4.78, 5) is 0. The molecule has 1 aliphatic heterocycles. The van der Waals surface area contributed by atoms with Crippen LogP contribution in [0.15, 0.2) is 0 Å².